The van der Waals surface area contributed by atoms with E-state index in [4.69, 9.17) is 10.5 Å². The third-order valence-electron chi connectivity index (χ3n) is 3.14. The first-order valence-electron chi connectivity index (χ1n) is 6.49. The summed E-state index contributed by atoms with van der Waals surface area (Å²) < 4.78 is 5.50. The minimum atomic E-state index is 0.134. The molecule has 0 aliphatic carbocycles. The van der Waals surface area contributed by atoms with Crippen molar-refractivity contribution in [3.8, 4) is 0 Å². The average molecular weight is 248 g/mol. The van der Waals surface area contributed by atoms with Gasteiger partial charge in [0.05, 0.1) is 13.0 Å². The molecule has 1 aromatic rings. The minimum Gasteiger partial charge on any atom is -0.399 e. The van der Waals surface area contributed by atoms with E-state index in [0.29, 0.717) is 25.3 Å². The lowest BCUT2D eigenvalue weighted by Gasteiger charge is -2.17. The van der Waals surface area contributed by atoms with Crippen molar-refractivity contribution in [3.63, 3.8) is 0 Å². The zero-order valence-corrected chi connectivity index (χ0v) is 10.8. The Kier molecular flexibility index (Phi) is 4.20. The molecule has 0 fully saturated rings. The van der Waals surface area contributed by atoms with Crippen molar-refractivity contribution in [1.29, 1.82) is 0 Å². The average Bonchev–Trinajstić information content (AvgIpc) is 2.64. The number of amides is 1. The van der Waals surface area contributed by atoms with Crippen molar-refractivity contribution < 1.29 is 9.53 Å². The van der Waals surface area contributed by atoms with Crippen LogP contribution in [0, 0.1) is 0 Å². The first-order valence-corrected chi connectivity index (χ1v) is 6.49. The Hall–Kier alpha value is -1.55. The number of hydrogen-bond donors (Lipinski definition) is 1. The van der Waals surface area contributed by atoms with Gasteiger partial charge < -0.3 is 15.4 Å². The zero-order chi connectivity index (χ0) is 13.0. The molecular formula is C14H20N2O2. The second kappa shape index (κ2) is 5.87. The van der Waals surface area contributed by atoms with Crippen LogP contribution in [0.2, 0.25) is 0 Å². The normalized spacial score (nSPS) is 14.1. The van der Waals surface area contributed by atoms with Crippen molar-refractivity contribution in [2.75, 3.05) is 30.4 Å². The van der Waals surface area contributed by atoms with E-state index in [0.717, 1.165) is 30.7 Å². The molecule has 2 rings (SSSR count). The predicted octanol–water partition coefficient (Wildman–Crippen LogP) is 1.97. The summed E-state index contributed by atoms with van der Waals surface area (Å²) in [5.41, 5.74) is 8.43. The van der Waals surface area contributed by atoms with Crippen LogP contribution in [0.4, 0.5) is 11.4 Å². The molecular weight excluding hydrogens is 228 g/mol. The molecule has 4 nitrogen and oxygen atoms in total. The fourth-order valence-corrected chi connectivity index (χ4v) is 2.15. The van der Waals surface area contributed by atoms with Gasteiger partial charge in [0.15, 0.2) is 0 Å². The van der Waals surface area contributed by atoms with Gasteiger partial charge in [-0.1, -0.05) is 13.3 Å². The standard InChI is InChI=1S/C14H20N2O2/c1-2-3-7-18-8-6-16-13-5-4-12(15)9-11(13)10-14(16)17/h4-5,9H,2-3,6-8,10,15H2,1H3. The fraction of sp³-hybridized carbons (Fsp3) is 0.500. The maximum Gasteiger partial charge on any atom is 0.231 e. The van der Waals surface area contributed by atoms with Crippen LogP contribution in [0.1, 0.15) is 25.3 Å². The van der Waals surface area contributed by atoms with E-state index in [2.05, 4.69) is 6.92 Å². The Labute approximate surface area is 108 Å². The summed E-state index contributed by atoms with van der Waals surface area (Å²) in [6.45, 7) is 4.12. The Balaban J connectivity index is 1.92. The van der Waals surface area contributed by atoms with Crippen LogP contribution < -0.4 is 10.6 Å². The fourth-order valence-electron chi connectivity index (χ4n) is 2.15. The number of rotatable bonds is 6. The van der Waals surface area contributed by atoms with Gasteiger partial charge in [-0.25, -0.2) is 0 Å². The molecule has 98 valence electrons. The number of ether oxygens (including phenoxy) is 1. The summed E-state index contributed by atoms with van der Waals surface area (Å²) in [5.74, 6) is 0.134. The number of anilines is 2. The molecule has 1 amide bonds. The van der Waals surface area contributed by atoms with Gasteiger partial charge >= 0.3 is 0 Å². The van der Waals surface area contributed by atoms with Gasteiger partial charge in [0, 0.05) is 24.5 Å². The summed E-state index contributed by atoms with van der Waals surface area (Å²) in [6, 6.07) is 5.63. The Morgan fingerprint density at radius 1 is 1.39 bits per heavy atom. The highest BCUT2D eigenvalue weighted by Gasteiger charge is 2.26. The van der Waals surface area contributed by atoms with Gasteiger partial charge in [0.25, 0.3) is 0 Å². The number of nitrogens with two attached hydrogens (primary N) is 1. The van der Waals surface area contributed by atoms with Crippen LogP contribution in [0.5, 0.6) is 0 Å². The lowest BCUT2D eigenvalue weighted by molar-refractivity contribution is -0.117. The van der Waals surface area contributed by atoms with Crippen LogP contribution in [0.25, 0.3) is 0 Å². The van der Waals surface area contributed by atoms with Crippen LogP contribution in [-0.2, 0) is 16.0 Å². The third kappa shape index (κ3) is 2.82. The molecule has 2 N–H and O–H groups in total. The van der Waals surface area contributed by atoms with Crippen molar-refractivity contribution in [3.05, 3.63) is 23.8 Å². The summed E-state index contributed by atoms with van der Waals surface area (Å²) in [6.07, 6.45) is 2.65. The van der Waals surface area contributed by atoms with Crippen LogP contribution in [0.15, 0.2) is 18.2 Å². The van der Waals surface area contributed by atoms with Gasteiger partial charge in [0.2, 0.25) is 5.91 Å². The molecule has 0 aromatic heterocycles. The molecule has 1 heterocycles. The predicted molar refractivity (Wildman–Crippen MR) is 72.6 cm³/mol. The zero-order valence-electron chi connectivity index (χ0n) is 10.8. The van der Waals surface area contributed by atoms with Gasteiger partial charge in [-0.15, -0.1) is 0 Å². The molecule has 0 saturated carbocycles. The van der Waals surface area contributed by atoms with E-state index in [1.54, 1.807) is 4.90 Å². The monoisotopic (exact) mass is 248 g/mol. The van der Waals surface area contributed by atoms with E-state index in [1.807, 2.05) is 18.2 Å². The minimum absolute atomic E-state index is 0.134. The van der Waals surface area contributed by atoms with Crippen molar-refractivity contribution >= 4 is 17.3 Å². The molecule has 1 aliphatic heterocycles. The molecule has 1 aliphatic rings. The molecule has 0 spiro atoms. The molecule has 0 atom stereocenters. The number of carbonyl (C=O) groups is 1. The number of carbonyl (C=O) groups excluding carboxylic acids is 1. The van der Waals surface area contributed by atoms with Crippen LogP contribution >= 0.6 is 0 Å². The van der Waals surface area contributed by atoms with Gasteiger partial charge in [0.1, 0.15) is 0 Å². The molecule has 1 aromatic carbocycles. The number of benzene rings is 1. The molecule has 18 heavy (non-hydrogen) atoms. The van der Waals surface area contributed by atoms with E-state index in [-0.39, 0.29) is 5.91 Å². The molecule has 0 unspecified atom stereocenters. The van der Waals surface area contributed by atoms with Gasteiger partial charge in [-0.2, -0.15) is 0 Å². The quantitative estimate of drug-likeness (QED) is 0.618. The maximum absolute atomic E-state index is 11.9. The molecule has 0 saturated heterocycles. The first-order chi connectivity index (χ1) is 8.72. The molecule has 0 radical (unpaired) electrons. The third-order valence-corrected chi connectivity index (χ3v) is 3.14. The molecule has 0 bridgehead atoms. The van der Waals surface area contributed by atoms with E-state index in [9.17, 15) is 4.79 Å². The second-order valence-corrected chi connectivity index (χ2v) is 4.58. The summed E-state index contributed by atoms with van der Waals surface area (Å²) in [7, 11) is 0. The Morgan fingerprint density at radius 3 is 3.00 bits per heavy atom. The topological polar surface area (TPSA) is 55.6 Å². The largest absolute Gasteiger partial charge is 0.399 e. The van der Waals surface area contributed by atoms with E-state index >= 15 is 0 Å². The lowest BCUT2D eigenvalue weighted by atomic mass is 10.1. The summed E-state index contributed by atoms with van der Waals surface area (Å²) in [4.78, 5) is 13.7. The van der Waals surface area contributed by atoms with E-state index in [1.165, 1.54) is 0 Å². The highest BCUT2D eigenvalue weighted by molar-refractivity contribution is 6.01. The lowest BCUT2D eigenvalue weighted by Crippen LogP contribution is -2.30. The summed E-state index contributed by atoms with van der Waals surface area (Å²) >= 11 is 0. The smallest absolute Gasteiger partial charge is 0.231 e. The van der Waals surface area contributed by atoms with Crippen molar-refractivity contribution in [2.45, 2.75) is 26.2 Å². The summed E-state index contributed by atoms with van der Waals surface area (Å²) in [5, 5.41) is 0. The highest BCUT2D eigenvalue weighted by atomic mass is 16.5. The van der Waals surface area contributed by atoms with Crippen molar-refractivity contribution in [2.24, 2.45) is 0 Å². The Bertz CT molecular complexity index is 432. The number of nitrogen functional groups attached to an aromatic ring is 1. The van der Waals surface area contributed by atoms with Gasteiger partial charge in [-0.3, -0.25) is 4.79 Å². The number of unbranched alkanes of at least 4 members (excludes halogenated alkanes) is 1. The number of hydrogen-bond acceptors (Lipinski definition) is 3. The first kappa shape index (κ1) is 12.9. The van der Waals surface area contributed by atoms with E-state index < -0.39 is 0 Å². The molecule has 4 heteroatoms. The number of fused-ring (bicyclic) bond motifs is 1. The van der Waals surface area contributed by atoms with Gasteiger partial charge in [-0.05, 0) is 30.2 Å². The maximum atomic E-state index is 11.9. The Morgan fingerprint density at radius 2 is 2.22 bits per heavy atom. The van der Waals surface area contributed by atoms with Crippen LogP contribution in [0.3, 0.4) is 0 Å². The van der Waals surface area contributed by atoms with Crippen LogP contribution in [-0.4, -0.2) is 25.7 Å². The SMILES string of the molecule is CCCCOCCN1C(=O)Cc2cc(N)ccc21. The second-order valence-electron chi connectivity index (χ2n) is 4.58. The number of nitrogens with zero attached hydrogens (tertiary/aromatic N) is 1. The highest BCUT2D eigenvalue weighted by Crippen LogP contribution is 2.30. The van der Waals surface area contributed by atoms with Crippen molar-refractivity contribution in [1.82, 2.24) is 0 Å².